The third kappa shape index (κ3) is 6.02. The molecule has 10 heteroatoms. The number of nitriles is 1. The summed E-state index contributed by atoms with van der Waals surface area (Å²) in [5, 5.41) is 10.3. The topological polar surface area (TPSA) is 100 Å². The van der Waals surface area contributed by atoms with Gasteiger partial charge in [0.05, 0.1) is 21.7 Å². The standard InChI is InChI=1S/C30H38ClN7O2/c1-19-6-8-21(9-7-19)18-38-27-25(13-24(14-32)34-26(27)22-12-23(31)16-33-15-22)35-28(38)37-11-10-36(17-20(37)2)29(39)40-30(3,4)5/h12-13,15-16,19-21H,6-11,17-18H2,1-5H3/t19?,20-,21?/m1/s1. The zero-order chi connectivity index (χ0) is 28.6. The summed E-state index contributed by atoms with van der Waals surface area (Å²) < 4.78 is 7.93. The number of ether oxygens (including phenoxy) is 1. The van der Waals surface area contributed by atoms with Crippen LogP contribution in [0.25, 0.3) is 22.3 Å². The van der Waals surface area contributed by atoms with Gasteiger partial charge in [0, 0.05) is 56.2 Å². The maximum atomic E-state index is 12.8. The van der Waals surface area contributed by atoms with Crippen LogP contribution in [0.15, 0.2) is 24.5 Å². The van der Waals surface area contributed by atoms with Gasteiger partial charge in [-0.1, -0.05) is 31.4 Å². The summed E-state index contributed by atoms with van der Waals surface area (Å²) in [4.78, 5) is 31.0. The number of pyridine rings is 2. The van der Waals surface area contributed by atoms with Gasteiger partial charge in [-0.2, -0.15) is 5.26 Å². The van der Waals surface area contributed by atoms with Gasteiger partial charge in [0.25, 0.3) is 0 Å². The summed E-state index contributed by atoms with van der Waals surface area (Å²) in [7, 11) is 0. The third-order valence-corrected chi connectivity index (χ3v) is 8.12. The predicted octanol–water partition coefficient (Wildman–Crippen LogP) is 6.29. The number of hydrogen-bond donors (Lipinski definition) is 0. The van der Waals surface area contributed by atoms with Crippen molar-refractivity contribution in [3.63, 3.8) is 0 Å². The number of anilines is 1. The van der Waals surface area contributed by atoms with E-state index in [9.17, 15) is 10.1 Å². The van der Waals surface area contributed by atoms with E-state index in [0.29, 0.717) is 42.0 Å². The summed E-state index contributed by atoms with van der Waals surface area (Å²) in [5.74, 6) is 2.12. The Labute approximate surface area is 241 Å². The lowest BCUT2D eigenvalue weighted by atomic mass is 9.83. The highest BCUT2D eigenvalue weighted by atomic mass is 35.5. The molecule has 0 N–H and O–H groups in total. The Balaban J connectivity index is 1.57. The van der Waals surface area contributed by atoms with E-state index in [1.54, 1.807) is 23.4 Å². The number of imidazole rings is 1. The van der Waals surface area contributed by atoms with E-state index in [2.05, 4.69) is 34.4 Å². The minimum Gasteiger partial charge on any atom is -0.444 e. The van der Waals surface area contributed by atoms with Crippen molar-refractivity contribution in [2.24, 2.45) is 11.8 Å². The van der Waals surface area contributed by atoms with Gasteiger partial charge >= 0.3 is 6.09 Å². The van der Waals surface area contributed by atoms with Crippen molar-refractivity contribution in [2.45, 2.75) is 78.5 Å². The molecule has 0 radical (unpaired) electrons. The molecule has 1 saturated heterocycles. The van der Waals surface area contributed by atoms with Crippen LogP contribution < -0.4 is 4.90 Å². The maximum Gasteiger partial charge on any atom is 0.410 e. The molecule has 3 aromatic heterocycles. The van der Waals surface area contributed by atoms with Gasteiger partial charge in [-0.05, 0) is 58.4 Å². The summed E-state index contributed by atoms with van der Waals surface area (Å²) in [6, 6.07) is 5.81. The largest absolute Gasteiger partial charge is 0.444 e. The number of hydrogen-bond acceptors (Lipinski definition) is 7. The van der Waals surface area contributed by atoms with Crippen LogP contribution in [0.4, 0.5) is 10.7 Å². The number of piperazine rings is 1. The molecule has 9 nitrogen and oxygen atoms in total. The Morgan fingerprint density at radius 2 is 1.88 bits per heavy atom. The van der Waals surface area contributed by atoms with E-state index >= 15 is 0 Å². The summed E-state index contributed by atoms with van der Waals surface area (Å²) >= 11 is 6.33. The first kappa shape index (κ1) is 28.2. The molecule has 3 aromatic rings. The molecule has 0 spiro atoms. The number of carbonyl (C=O) groups excluding carboxylic acids is 1. The molecule has 0 bridgehead atoms. The van der Waals surface area contributed by atoms with Crippen LogP contribution in [0.3, 0.4) is 0 Å². The molecule has 5 rings (SSSR count). The predicted molar refractivity (Wildman–Crippen MR) is 156 cm³/mol. The number of aromatic nitrogens is 4. The van der Waals surface area contributed by atoms with Crippen LogP contribution in [0.1, 0.15) is 66.0 Å². The van der Waals surface area contributed by atoms with Crippen LogP contribution >= 0.6 is 11.6 Å². The average molecular weight is 564 g/mol. The first-order chi connectivity index (χ1) is 19.0. The van der Waals surface area contributed by atoms with Crippen molar-refractivity contribution >= 4 is 34.7 Å². The zero-order valence-electron chi connectivity index (χ0n) is 24.0. The smallest absolute Gasteiger partial charge is 0.410 e. The van der Waals surface area contributed by atoms with Gasteiger partial charge in [-0.3, -0.25) is 4.98 Å². The SMILES string of the molecule is CC1CCC(Cn2c(N3CCN(C(=O)OC(C)(C)C)C[C@H]3C)nc3cc(C#N)nc(-c4cncc(Cl)c4)c32)CC1. The highest BCUT2D eigenvalue weighted by molar-refractivity contribution is 6.30. The highest BCUT2D eigenvalue weighted by Crippen LogP contribution is 2.37. The Morgan fingerprint density at radius 3 is 2.52 bits per heavy atom. The second-order valence-corrected chi connectivity index (χ2v) is 12.8. The minimum absolute atomic E-state index is 0.0166. The summed E-state index contributed by atoms with van der Waals surface area (Å²) in [6.07, 6.45) is 7.81. The number of carbonyl (C=O) groups is 1. The molecule has 2 fully saturated rings. The Kier molecular flexibility index (Phi) is 7.92. The van der Waals surface area contributed by atoms with E-state index in [-0.39, 0.29) is 12.1 Å². The molecule has 40 heavy (non-hydrogen) atoms. The fourth-order valence-electron chi connectivity index (χ4n) is 5.85. The molecule has 212 valence electrons. The first-order valence-electron chi connectivity index (χ1n) is 14.2. The number of rotatable bonds is 4. The minimum atomic E-state index is -0.542. The molecular weight excluding hydrogens is 526 g/mol. The molecule has 1 aliphatic heterocycles. The van der Waals surface area contributed by atoms with E-state index in [1.165, 1.54) is 25.7 Å². The number of fused-ring (bicyclic) bond motifs is 1. The quantitative estimate of drug-likeness (QED) is 0.367. The van der Waals surface area contributed by atoms with Gasteiger partial charge in [0.1, 0.15) is 17.4 Å². The van der Waals surface area contributed by atoms with Gasteiger partial charge < -0.3 is 19.1 Å². The number of amides is 1. The monoisotopic (exact) mass is 563 g/mol. The maximum absolute atomic E-state index is 12.8. The molecule has 0 unspecified atom stereocenters. The molecule has 2 aliphatic rings. The van der Waals surface area contributed by atoms with Gasteiger partial charge in [0.15, 0.2) is 0 Å². The van der Waals surface area contributed by atoms with Crippen molar-refractivity contribution in [3.05, 3.63) is 35.2 Å². The first-order valence-corrected chi connectivity index (χ1v) is 14.6. The highest BCUT2D eigenvalue weighted by Gasteiger charge is 2.33. The molecule has 4 heterocycles. The average Bonchev–Trinajstić information content (AvgIpc) is 3.26. The summed E-state index contributed by atoms with van der Waals surface area (Å²) in [6.45, 7) is 12.6. The lowest BCUT2D eigenvalue weighted by Gasteiger charge is -2.41. The lowest BCUT2D eigenvalue weighted by Crippen LogP contribution is -2.55. The van der Waals surface area contributed by atoms with Crippen LogP contribution in [0.5, 0.6) is 0 Å². The third-order valence-electron chi connectivity index (χ3n) is 7.91. The molecule has 1 atom stereocenters. The van der Waals surface area contributed by atoms with Crippen LogP contribution in [0.2, 0.25) is 5.02 Å². The zero-order valence-corrected chi connectivity index (χ0v) is 24.8. The second kappa shape index (κ2) is 11.2. The van der Waals surface area contributed by atoms with Crippen molar-refractivity contribution in [3.8, 4) is 17.3 Å². The van der Waals surface area contributed by atoms with Crippen molar-refractivity contribution in [1.82, 2.24) is 24.4 Å². The van der Waals surface area contributed by atoms with E-state index < -0.39 is 5.60 Å². The molecule has 0 aromatic carbocycles. The van der Waals surface area contributed by atoms with Crippen LogP contribution in [-0.2, 0) is 11.3 Å². The molecular formula is C30H38ClN7O2. The van der Waals surface area contributed by atoms with E-state index in [0.717, 1.165) is 35.0 Å². The van der Waals surface area contributed by atoms with Gasteiger partial charge in [-0.15, -0.1) is 0 Å². The van der Waals surface area contributed by atoms with Crippen molar-refractivity contribution in [1.29, 1.82) is 5.26 Å². The van der Waals surface area contributed by atoms with E-state index in [1.807, 2.05) is 26.8 Å². The van der Waals surface area contributed by atoms with Crippen molar-refractivity contribution < 1.29 is 9.53 Å². The lowest BCUT2D eigenvalue weighted by molar-refractivity contribution is 0.0217. The molecule has 1 amide bonds. The van der Waals surface area contributed by atoms with Gasteiger partial charge in [-0.25, -0.2) is 14.8 Å². The van der Waals surface area contributed by atoms with Crippen LogP contribution in [0, 0.1) is 23.2 Å². The van der Waals surface area contributed by atoms with E-state index in [4.69, 9.17) is 26.3 Å². The summed E-state index contributed by atoms with van der Waals surface area (Å²) in [5.41, 5.74) is 2.78. The normalized spacial score (nSPS) is 21.9. The van der Waals surface area contributed by atoms with Gasteiger partial charge in [0.2, 0.25) is 5.95 Å². The Hall–Kier alpha value is -3.38. The Bertz CT molecular complexity index is 1430. The number of halogens is 1. The van der Waals surface area contributed by atoms with Crippen LogP contribution in [-0.4, -0.2) is 61.8 Å². The number of nitrogens with zero attached hydrogens (tertiary/aromatic N) is 7. The van der Waals surface area contributed by atoms with Crippen molar-refractivity contribution in [2.75, 3.05) is 24.5 Å². The second-order valence-electron chi connectivity index (χ2n) is 12.3. The molecule has 1 aliphatic carbocycles. The molecule has 1 saturated carbocycles. The fraction of sp³-hybridized carbons (Fsp3) is 0.567. The Morgan fingerprint density at radius 1 is 1.12 bits per heavy atom. The fourth-order valence-corrected chi connectivity index (χ4v) is 6.03.